The lowest BCUT2D eigenvalue weighted by atomic mass is 10.2. The molecule has 33 heavy (non-hydrogen) atoms. The highest BCUT2D eigenvalue weighted by molar-refractivity contribution is 7.99. The molecule has 10 heteroatoms. The molecule has 1 amide bonds. The Kier molecular flexibility index (Phi) is 6.16. The second kappa shape index (κ2) is 9.53. The Morgan fingerprint density at radius 2 is 1.70 bits per heavy atom. The van der Waals surface area contributed by atoms with E-state index in [0.717, 1.165) is 37.7 Å². The normalized spacial score (nSPS) is 14.9. The zero-order valence-corrected chi connectivity index (χ0v) is 18.6. The molecule has 0 saturated carbocycles. The van der Waals surface area contributed by atoms with E-state index in [-0.39, 0.29) is 24.3 Å². The smallest absolute Gasteiger partial charge is 0.234 e. The van der Waals surface area contributed by atoms with Crippen LogP contribution in [0.5, 0.6) is 11.5 Å². The minimum absolute atomic E-state index is 0.137. The average molecular weight is 468 g/mol. The van der Waals surface area contributed by atoms with Gasteiger partial charge in [-0.25, -0.2) is 4.39 Å². The van der Waals surface area contributed by atoms with E-state index in [9.17, 15) is 9.18 Å². The largest absolute Gasteiger partial charge is 0.454 e. The summed E-state index contributed by atoms with van der Waals surface area (Å²) in [5.41, 5.74) is 1.68. The molecule has 0 atom stereocenters. The van der Waals surface area contributed by atoms with Crippen LogP contribution in [-0.4, -0.2) is 54.8 Å². The van der Waals surface area contributed by atoms with Crippen molar-refractivity contribution in [1.29, 1.82) is 0 Å². The molecular weight excluding hydrogens is 445 g/mol. The molecule has 1 N–H and O–H groups in total. The van der Waals surface area contributed by atoms with Crippen LogP contribution in [0, 0.1) is 5.82 Å². The van der Waals surface area contributed by atoms with Crippen molar-refractivity contribution in [2.24, 2.45) is 0 Å². The van der Waals surface area contributed by atoms with Gasteiger partial charge < -0.3 is 24.6 Å². The summed E-state index contributed by atoms with van der Waals surface area (Å²) < 4.78 is 23.7. The van der Waals surface area contributed by atoms with Gasteiger partial charge >= 0.3 is 0 Å². The van der Waals surface area contributed by atoms with Gasteiger partial charge in [-0.15, -0.1) is 10.2 Å². The van der Waals surface area contributed by atoms with Gasteiger partial charge in [-0.1, -0.05) is 11.8 Å². The molecule has 8 nitrogen and oxygen atoms in total. The Hall–Kier alpha value is -3.53. The molecule has 1 fully saturated rings. The van der Waals surface area contributed by atoms with Crippen LogP contribution in [-0.2, 0) is 4.79 Å². The van der Waals surface area contributed by atoms with E-state index in [1.165, 1.54) is 23.9 Å². The van der Waals surface area contributed by atoms with E-state index in [1.54, 1.807) is 30.3 Å². The minimum atomic E-state index is -0.226. The number of nitrogens with one attached hydrogen (secondary N) is 1. The fourth-order valence-corrected chi connectivity index (χ4v) is 4.33. The number of hydrogen-bond donors (Lipinski definition) is 1. The third kappa shape index (κ3) is 5.11. The van der Waals surface area contributed by atoms with Crippen molar-refractivity contribution < 1.29 is 18.7 Å². The topological polar surface area (TPSA) is 79.8 Å². The lowest BCUT2D eigenvalue weighted by Gasteiger charge is -2.36. The second-order valence-corrected chi connectivity index (χ2v) is 8.58. The number of fused-ring (bicyclic) bond motifs is 1. The van der Waals surface area contributed by atoms with E-state index >= 15 is 0 Å². The van der Waals surface area contributed by atoms with E-state index in [4.69, 9.17) is 9.47 Å². The van der Waals surface area contributed by atoms with E-state index in [1.807, 2.05) is 12.1 Å². The Labute approximate surface area is 194 Å². The summed E-state index contributed by atoms with van der Waals surface area (Å²) in [6.07, 6.45) is 0. The van der Waals surface area contributed by atoms with Gasteiger partial charge in [-0.3, -0.25) is 4.79 Å². The molecule has 0 radical (unpaired) electrons. The van der Waals surface area contributed by atoms with E-state index < -0.39 is 0 Å². The summed E-state index contributed by atoms with van der Waals surface area (Å²) >= 11 is 1.33. The molecule has 0 unspecified atom stereocenters. The van der Waals surface area contributed by atoms with Crippen molar-refractivity contribution in [3.05, 3.63) is 60.4 Å². The molecular formula is C23H22FN5O3S. The predicted molar refractivity (Wildman–Crippen MR) is 125 cm³/mol. The van der Waals surface area contributed by atoms with Gasteiger partial charge in [0, 0.05) is 43.6 Å². The number of aromatic nitrogens is 2. The fourth-order valence-electron chi connectivity index (χ4n) is 3.72. The molecule has 2 aromatic carbocycles. The highest BCUT2D eigenvalue weighted by Gasteiger charge is 2.19. The molecule has 170 valence electrons. The molecule has 3 aromatic rings. The maximum atomic E-state index is 13.1. The van der Waals surface area contributed by atoms with Gasteiger partial charge in [0.05, 0.1) is 5.75 Å². The first-order valence-corrected chi connectivity index (χ1v) is 11.5. The standard InChI is InChI=1S/C23H22FN5O3S/c24-16-1-4-18(5-2-16)28-9-11-29(12-10-28)21-7-8-23(27-26-21)33-14-22(30)25-17-3-6-19-20(13-17)32-15-31-19/h1-8,13H,9-12,14-15H2,(H,25,30). The van der Waals surface area contributed by atoms with Crippen LogP contribution < -0.4 is 24.6 Å². The molecule has 0 aliphatic carbocycles. The Bertz CT molecular complexity index is 1120. The Morgan fingerprint density at radius 1 is 0.939 bits per heavy atom. The maximum absolute atomic E-state index is 13.1. The Morgan fingerprint density at radius 3 is 2.45 bits per heavy atom. The van der Waals surface area contributed by atoms with E-state index in [2.05, 4.69) is 25.3 Å². The molecule has 0 bridgehead atoms. The zero-order chi connectivity index (χ0) is 22.6. The number of benzene rings is 2. The summed E-state index contributed by atoms with van der Waals surface area (Å²) in [5, 5.41) is 12.1. The van der Waals surface area contributed by atoms with Gasteiger partial charge in [-0.05, 0) is 48.5 Å². The number of carbonyl (C=O) groups excluding carboxylic acids is 1. The highest BCUT2D eigenvalue weighted by Crippen LogP contribution is 2.34. The molecule has 1 saturated heterocycles. The van der Waals surface area contributed by atoms with Gasteiger partial charge in [0.2, 0.25) is 12.7 Å². The first-order chi connectivity index (χ1) is 16.1. The number of rotatable bonds is 6. The first kappa shape index (κ1) is 21.3. The minimum Gasteiger partial charge on any atom is -0.454 e. The van der Waals surface area contributed by atoms with Crippen molar-refractivity contribution in [1.82, 2.24) is 10.2 Å². The number of carbonyl (C=O) groups is 1. The summed E-state index contributed by atoms with van der Waals surface area (Å²) in [4.78, 5) is 16.7. The lowest BCUT2D eigenvalue weighted by Crippen LogP contribution is -2.46. The number of piperazine rings is 1. The zero-order valence-electron chi connectivity index (χ0n) is 17.7. The third-order valence-corrected chi connectivity index (χ3v) is 6.35. The van der Waals surface area contributed by atoms with Crippen molar-refractivity contribution in [2.45, 2.75) is 5.03 Å². The monoisotopic (exact) mass is 467 g/mol. The molecule has 2 aliphatic heterocycles. The van der Waals surface area contributed by atoms with Crippen LogP contribution in [0.15, 0.2) is 59.6 Å². The van der Waals surface area contributed by atoms with Gasteiger partial charge in [0.1, 0.15) is 10.8 Å². The van der Waals surface area contributed by atoms with Gasteiger partial charge in [0.25, 0.3) is 0 Å². The number of halogens is 1. The number of anilines is 3. The first-order valence-electron chi connectivity index (χ1n) is 10.6. The van der Waals surface area contributed by atoms with Crippen LogP contribution in [0.3, 0.4) is 0 Å². The molecule has 3 heterocycles. The van der Waals surface area contributed by atoms with Crippen LogP contribution in [0.2, 0.25) is 0 Å². The second-order valence-electron chi connectivity index (χ2n) is 7.59. The fraction of sp³-hybridized carbons (Fsp3) is 0.261. The lowest BCUT2D eigenvalue weighted by molar-refractivity contribution is -0.113. The average Bonchev–Trinajstić information content (AvgIpc) is 3.32. The van der Waals surface area contributed by atoms with Gasteiger partial charge in [-0.2, -0.15) is 0 Å². The van der Waals surface area contributed by atoms with Crippen molar-refractivity contribution in [3.8, 4) is 11.5 Å². The highest BCUT2D eigenvalue weighted by atomic mass is 32.2. The van der Waals surface area contributed by atoms with Crippen LogP contribution in [0.4, 0.5) is 21.6 Å². The molecule has 1 aromatic heterocycles. The number of thioether (sulfide) groups is 1. The number of amides is 1. The van der Waals surface area contributed by atoms with Crippen molar-refractivity contribution in [2.75, 3.05) is 53.8 Å². The SMILES string of the molecule is O=C(CSc1ccc(N2CCN(c3ccc(F)cc3)CC2)nn1)Nc1ccc2c(c1)OCO2. The van der Waals surface area contributed by atoms with Crippen LogP contribution >= 0.6 is 11.8 Å². The Balaban J connectivity index is 1.10. The maximum Gasteiger partial charge on any atom is 0.234 e. The quantitative estimate of drug-likeness (QED) is 0.553. The summed E-state index contributed by atoms with van der Waals surface area (Å²) in [6.45, 7) is 3.45. The number of nitrogens with zero attached hydrogens (tertiary/aromatic N) is 4. The molecule has 0 spiro atoms. The number of ether oxygens (including phenoxy) is 2. The predicted octanol–water partition coefficient (Wildman–Crippen LogP) is 3.40. The summed E-state index contributed by atoms with van der Waals surface area (Å²) in [7, 11) is 0. The van der Waals surface area contributed by atoms with E-state index in [0.29, 0.717) is 22.2 Å². The summed E-state index contributed by atoms with van der Waals surface area (Å²) in [6, 6.07) is 15.7. The summed E-state index contributed by atoms with van der Waals surface area (Å²) in [5.74, 6) is 1.97. The third-order valence-electron chi connectivity index (χ3n) is 5.43. The van der Waals surface area contributed by atoms with Crippen molar-refractivity contribution in [3.63, 3.8) is 0 Å². The number of hydrogen-bond acceptors (Lipinski definition) is 8. The van der Waals surface area contributed by atoms with Crippen LogP contribution in [0.1, 0.15) is 0 Å². The van der Waals surface area contributed by atoms with Crippen LogP contribution in [0.25, 0.3) is 0 Å². The molecule has 5 rings (SSSR count). The molecule has 2 aliphatic rings. The van der Waals surface area contributed by atoms with Crippen molar-refractivity contribution >= 4 is 34.9 Å². The van der Waals surface area contributed by atoms with Gasteiger partial charge in [0.15, 0.2) is 17.3 Å².